The van der Waals surface area contributed by atoms with Crippen LogP contribution in [-0.2, 0) is 6.54 Å². The van der Waals surface area contributed by atoms with Gasteiger partial charge in [-0.05, 0) is 30.7 Å². The van der Waals surface area contributed by atoms with Crippen molar-refractivity contribution in [1.29, 1.82) is 0 Å². The Balaban J connectivity index is 1.75. The van der Waals surface area contributed by atoms with E-state index < -0.39 is 0 Å². The first-order valence-corrected chi connectivity index (χ1v) is 10.1. The number of rotatable bonds is 5. The van der Waals surface area contributed by atoms with Gasteiger partial charge in [-0.2, -0.15) is 0 Å². The number of thioether (sulfide) groups is 1. The van der Waals surface area contributed by atoms with Crippen LogP contribution in [0.5, 0.6) is 0 Å². The molecule has 0 aliphatic carbocycles. The number of fused-ring (bicyclic) bond motifs is 1. The van der Waals surface area contributed by atoms with Gasteiger partial charge in [0.2, 0.25) is 5.13 Å². The van der Waals surface area contributed by atoms with Crippen molar-refractivity contribution in [2.45, 2.75) is 23.1 Å². The predicted molar refractivity (Wildman–Crippen MR) is 109 cm³/mol. The molecule has 8 heteroatoms. The van der Waals surface area contributed by atoms with Crippen molar-refractivity contribution in [3.05, 3.63) is 64.9 Å². The van der Waals surface area contributed by atoms with Gasteiger partial charge >= 0.3 is 0 Å². The summed E-state index contributed by atoms with van der Waals surface area (Å²) in [6.45, 7) is 2.87. The van der Waals surface area contributed by atoms with E-state index in [-0.39, 0.29) is 5.25 Å². The van der Waals surface area contributed by atoms with Crippen molar-refractivity contribution in [1.82, 2.24) is 19.7 Å². The number of nitrogens with two attached hydrogens (primary N) is 1. The average molecular weight is 402 g/mol. The molecular formula is C18H16ClN5S2. The first kappa shape index (κ1) is 17.3. The number of aromatic nitrogens is 4. The molecule has 0 amide bonds. The molecule has 0 unspecified atom stereocenters. The van der Waals surface area contributed by atoms with E-state index in [0.717, 1.165) is 27.7 Å². The number of benzene rings is 2. The Labute approximate surface area is 164 Å². The Morgan fingerprint density at radius 3 is 2.73 bits per heavy atom. The lowest BCUT2D eigenvalue weighted by atomic mass is 10.2. The Hall–Kier alpha value is -2.09. The Kier molecular flexibility index (Phi) is 4.84. The van der Waals surface area contributed by atoms with Gasteiger partial charge in [0.15, 0.2) is 4.34 Å². The van der Waals surface area contributed by atoms with Crippen molar-refractivity contribution in [2.24, 2.45) is 0 Å². The Bertz CT molecular complexity index is 1040. The molecule has 0 fully saturated rings. The molecule has 5 nitrogen and oxygen atoms in total. The lowest BCUT2D eigenvalue weighted by Gasteiger charge is -2.13. The van der Waals surface area contributed by atoms with Gasteiger partial charge in [0, 0.05) is 11.6 Å². The van der Waals surface area contributed by atoms with Gasteiger partial charge in [-0.3, -0.25) is 0 Å². The van der Waals surface area contributed by atoms with Gasteiger partial charge in [-0.25, -0.2) is 4.98 Å². The lowest BCUT2D eigenvalue weighted by molar-refractivity contribution is 0.746. The standard InChI is InChI=1S/C18H16ClN5S2/c1-11(25-18-23-22-17(20)26-18)16-21-14-9-13(19)7-8-15(14)24(16)10-12-5-3-2-4-6-12/h2-9,11H,10H2,1H3,(H2,20,22)/t11-/m0/s1. The average Bonchev–Trinajstić information content (AvgIpc) is 3.19. The van der Waals surface area contributed by atoms with E-state index in [9.17, 15) is 0 Å². The number of nitrogen functional groups attached to an aromatic ring is 1. The van der Waals surface area contributed by atoms with Crippen molar-refractivity contribution in [3.63, 3.8) is 0 Å². The molecule has 0 radical (unpaired) electrons. The minimum atomic E-state index is 0.0947. The highest BCUT2D eigenvalue weighted by Gasteiger charge is 2.20. The van der Waals surface area contributed by atoms with E-state index in [1.165, 1.54) is 16.9 Å². The number of halogens is 1. The first-order chi connectivity index (χ1) is 12.6. The number of nitrogens with zero attached hydrogens (tertiary/aromatic N) is 4. The molecular weight excluding hydrogens is 386 g/mol. The van der Waals surface area contributed by atoms with Crippen LogP contribution < -0.4 is 5.73 Å². The third kappa shape index (κ3) is 3.56. The first-order valence-electron chi connectivity index (χ1n) is 8.05. The van der Waals surface area contributed by atoms with Gasteiger partial charge in [-0.15, -0.1) is 10.2 Å². The van der Waals surface area contributed by atoms with Crippen LogP contribution in [-0.4, -0.2) is 19.7 Å². The maximum Gasteiger partial charge on any atom is 0.203 e. The number of hydrogen-bond donors (Lipinski definition) is 1. The highest BCUT2D eigenvalue weighted by atomic mass is 35.5. The fourth-order valence-electron chi connectivity index (χ4n) is 2.84. The van der Waals surface area contributed by atoms with Gasteiger partial charge in [-0.1, -0.05) is 65.0 Å². The van der Waals surface area contributed by atoms with Crippen molar-refractivity contribution < 1.29 is 0 Å². The second-order valence-electron chi connectivity index (χ2n) is 5.84. The van der Waals surface area contributed by atoms with Gasteiger partial charge < -0.3 is 10.3 Å². The minimum absolute atomic E-state index is 0.0947. The molecule has 0 spiro atoms. The quantitative estimate of drug-likeness (QED) is 0.475. The highest BCUT2D eigenvalue weighted by Crippen LogP contribution is 2.38. The van der Waals surface area contributed by atoms with Gasteiger partial charge in [0.1, 0.15) is 5.82 Å². The third-order valence-electron chi connectivity index (χ3n) is 3.99. The molecule has 4 rings (SSSR count). The smallest absolute Gasteiger partial charge is 0.203 e. The molecule has 132 valence electrons. The molecule has 0 saturated carbocycles. The molecule has 2 N–H and O–H groups in total. The van der Waals surface area contributed by atoms with E-state index in [1.807, 2.05) is 36.4 Å². The SMILES string of the molecule is C[C@H](Sc1nnc(N)s1)c1nc2cc(Cl)ccc2n1Cc1ccccc1. The van der Waals surface area contributed by atoms with E-state index in [0.29, 0.717) is 10.2 Å². The highest BCUT2D eigenvalue weighted by molar-refractivity contribution is 8.01. The minimum Gasteiger partial charge on any atom is -0.374 e. The van der Waals surface area contributed by atoms with Crippen LogP contribution in [0.15, 0.2) is 52.9 Å². The van der Waals surface area contributed by atoms with Crippen LogP contribution in [0.3, 0.4) is 0 Å². The molecule has 2 aromatic carbocycles. The topological polar surface area (TPSA) is 69.6 Å². The molecule has 2 aromatic heterocycles. The van der Waals surface area contributed by atoms with E-state index >= 15 is 0 Å². The summed E-state index contributed by atoms with van der Waals surface area (Å²) in [6, 6.07) is 16.2. The van der Waals surface area contributed by atoms with Crippen molar-refractivity contribution in [2.75, 3.05) is 5.73 Å². The molecule has 0 aliphatic rings. The zero-order chi connectivity index (χ0) is 18.1. The van der Waals surface area contributed by atoms with E-state index in [1.54, 1.807) is 11.8 Å². The molecule has 26 heavy (non-hydrogen) atoms. The van der Waals surface area contributed by atoms with Crippen LogP contribution in [0.25, 0.3) is 11.0 Å². The second kappa shape index (κ2) is 7.26. The van der Waals surface area contributed by atoms with Gasteiger partial charge in [0.05, 0.1) is 16.3 Å². The number of hydrogen-bond acceptors (Lipinski definition) is 6. The predicted octanol–water partition coefficient (Wildman–Crippen LogP) is 5.03. The van der Waals surface area contributed by atoms with Crippen LogP contribution in [0.1, 0.15) is 23.6 Å². The lowest BCUT2D eigenvalue weighted by Crippen LogP contribution is -2.06. The molecule has 0 bridgehead atoms. The molecule has 4 aromatic rings. The zero-order valence-corrected chi connectivity index (χ0v) is 16.4. The third-order valence-corrected chi connectivity index (χ3v) is 6.16. The number of imidazole rings is 1. The Morgan fingerprint density at radius 1 is 1.19 bits per heavy atom. The van der Waals surface area contributed by atoms with Crippen molar-refractivity contribution in [3.8, 4) is 0 Å². The molecule has 1 atom stereocenters. The summed E-state index contributed by atoms with van der Waals surface area (Å²) in [7, 11) is 0. The van der Waals surface area contributed by atoms with Crippen LogP contribution >= 0.6 is 34.7 Å². The van der Waals surface area contributed by atoms with E-state index in [4.69, 9.17) is 22.3 Å². The summed E-state index contributed by atoms with van der Waals surface area (Å²) in [5.74, 6) is 0.977. The van der Waals surface area contributed by atoms with E-state index in [2.05, 4.69) is 33.8 Å². The maximum absolute atomic E-state index is 6.17. The van der Waals surface area contributed by atoms with Crippen molar-refractivity contribution >= 4 is 50.9 Å². The summed E-state index contributed by atoms with van der Waals surface area (Å²) in [5.41, 5.74) is 8.88. The Morgan fingerprint density at radius 2 is 2.00 bits per heavy atom. The van der Waals surface area contributed by atoms with Crippen LogP contribution in [0, 0.1) is 0 Å². The normalized spacial score (nSPS) is 12.5. The summed E-state index contributed by atoms with van der Waals surface area (Å²) < 4.78 is 3.08. The molecule has 0 aliphatic heterocycles. The fourth-order valence-corrected chi connectivity index (χ4v) is 4.90. The summed E-state index contributed by atoms with van der Waals surface area (Å²) >= 11 is 9.17. The van der Waals surface area contributed by atoms with Gasteiger partial charge in [0.25, 0.3) is 0 Å². The monoisotopic (exact) mass is 401 g/mol. The fraction of sp³-hybridized carbons (Fsp3) is 0.167. The summed E-state index contributed by atoms with van der Waals surface area (Å²) in [5, 5.41) is 9.26. The second-order valence-corrected chi connectivity index (χ2v) is 8.87. The van der Waals surface area contributed by atoms with Crippen LogP contribution in [0.2, 0.25) is 5.02 Å². The van der Waals surface area contributed by atoms with Crippen LogP contribution in [0.4, 0.5) is 5.13 Å². The summed E-state index contributed by atoms with van der Waals surface area (Å²) in [6.07, 6.45) is 0. The molecule has 2 heterocycles. The number of anilines is 1. The zero-order valence-electron chi connectivity index (χ0n) is 14.0. The maximum atomic E-state index is 6.17. The summed E-state index contributed by atoms with van der Waals surface area (Å²) in [4.78, 5) is 4.86. The molecule has 0 saturated heterocycles. The largest absolute Gasteiger partial charge is 0.374 e.